The van der Waals surface area contributed by atoms with Gasteiger partial charge in [0.25, 0.3) is 5.56 Å². The number of hydrogen-bond acceptors (Lipinski definition) is 3. The lowest BCUT2D eigenvalue weighted by Crippen LogP contribution is -2.09. The zero-order valence-corrected chi connectivity index (χ0v) is 9.95. The van der Waals surface area contributed by atoms with Gasteiger partial charge in [-0.1, -0.05) is 23.7 Å². The highest BCUT2D eigenvalue weighted by molar-refractivity contribution is 6.30. The maximum atomic E-state index is 11.7. The molecule has 0 radical (unpaired) electrons. The molecule has 2 aromatic heterocycles. The van der Waals surface area contributed by atoms with E-state index < -0.39 is 0 Å². The van der Waals surface area contributed by atoms with Crippen molar-refractivity contribution < 1.29 is 0 Å². The van der Waals surface area contributed by atoms with E-state index in [0.29, 0.717) is 16.1 Å². The van der Waals surface area contributed by atoms with Gasteiger partial charge in [-0.25, -0.2) is 0 Å². The van der Waals surface area contributed by atoms with Gasteiger partial charge in [0.15, 0.2) is 0 Å². The molecular weight excluding hydrogens is 252 g/mol. The SMILES string of the molecule is Nc1nc2[nH]c(-c3cccc(Cl)c3)cc2c(=O)[nH]1. The Morgan fingerprint density at radius 1 is 1.22 bits per heavy atom. The van der Waals surface area contributed by atoms with Crippen molar-refractivity contribution in [2.24, 2.45) is 0 Å². The van der Waals surface area contributed by atoms with Gasteiger partial charge < -0.3 is 10.7 Å². The number of aromatic amines is 2. The molecule has 0 fully saturated rings. The largest absolute Gasteiger partial charge is 0.369 e. The van der Waals surface area contributed by atoms with E-state index in [1.165, 1.54) is 0 Å². The van der Waals surface area contributed by atoms with E-state index in [2.05, 4.69) is 15.0 Å². The topological polar surface area (TPSA) is 87.6 Å². The van der Waals surface area contributed by atoms with Crippen LogP contribution >= 0.6 is 11.6 Å². The average molecular weight is 261 g/mol. The number of anilines is 1. The molecule has 4 N–H and O–H groups in total. The summed E-state index contributed by atoms with van der Waals surface area (Å²) in [5.74, 6) is 0.0898. The second-order valence-corrected chi connectivity index (χ2v) is 4.34. The van der Waals surface area contributed by atoms with E-state index in [0.717, 1.165) is 11.3 Å². The number of halogens is 1. The van der Waals surface area contributed by atoms with Gasteiger partial charge in [-0.3, -0.25) is 9.78 Å². The summed E-state index contributed by atoms with van der Waals surface area (Å²) in [4.78, 5) is 21.2. The molecule has 0 saturated heterocycles. The fourth-order valence-electron chi connectivity index (χ4n) is 1.85. The summed E-state index contributed by atoms with van der Waals surface area (Å²) in [5, 5.41) is 1.10. The Labute approximate surface area is 107 Å². The molecule has 0 aliphatic heterocycles. The Balaban J connectivity index is 2.26. The van der Waals surface area contributed by atoms with Crippen LogP contribution in [0.25, 0.3) is 22.3 Å². The molecule has 0 amide bonds. The minimum Gasteiger partial charge on any atom is -0.369 e. The summed E-state index contributed by atoms with van der Waals surface area (Å²) in [7, 11) is 0. The van der Waals surface area contributed by atoms with Gasteiger partial charge in [-0.05, 0) is 23.8 Å². The van der Waals surface area contributed by atoms with Crippen LogP contribution < -0.4 is 11.3 Å². The molecular formula is C12H9ClN4O. The van der Waals surface area contributed by atoms with Crippen molar-refractivity contribution in [1.82, 2.24) is 15.0 Å². The molecule has 1 aromatic carbocycles. The predicted molar refractivity (Wildman–Crippen MR) is 71.6 cm³/mol. The maximum Gasteiger partial charge on any atom is 0.261 e. The molecule has 0 aliphatic rings. The molecule has 0 spiro atoms. The number of H-pyrrole nitrogens is 2. The predicted octanol–water partition coefficient (Wildman–Crippen LogP) is 2.15. The number of nitrogens with two attached hydrogens (primary N) is 1. The number of nitrogen functional groups attached to an aromatic ring is 1. The monoisotopic (exact) mass is 260 g/mol. The quantitative estimate of drug-likeness (QED) is 0.626. The first kappa shape index (κ1) is 10.9. The van der Waals surface area contributed by atoms with Crippen LogP contribution in [0.4, 0.5) is 5.95 Å². The fourth-order valence-corrected chi connectivity index (χ4v) is 2.04. The Kier molecular flexibility index (Phi) is 2.34. The molecule has 90 valence electrons. The highest BCUT2D eigenvalue weighted by Crippen LogP contribution is 2.23. The van der Waals surface area contributed by atoms with Gasteiger partial charge in [-0.15, -0.1) is 0 Å². The van der Waals surface area contributed by atoms with Crippen molar-refractivity contribution in [3.05, 3.63) is 45.7 Å². The van der Waals surface area contributed by atoms with Crippen molar-refractivity contribution in [3.8, 4) is 11.3 Å². The second kappa shape index (κ2) is 3.89. The number of nitrogens with zero attached hydrogens (tertiary/aromatic N) is 1. The lowest BCUT2D eigenvalue weighted by molar-refractivity contribution is 1.18. The molecule has 18 heavy (non-hydrogen) atoms. The van der Waals surface area contributed by atoms with Crippen LogP contribution in [0, 0.1) is 0 Å². The third-order valence-corrected chi connectivity index (χ3v) is 2.89. The van der Waals surface area contributed by atoms with Crippen LogP contribution in [-0.4, -0.2) is 15.0 Å². The van der Waals surface area contributed by atoms with Crippen LogP contribution in [0.5, 0.6) is 0 Å². The Morgan fingerprint density at radius 3 is 2.83 bits per heavy atom. The third kappa shape index (κ3) is 1.74. The first-order valence-corrected chi connectivity index (χ1v) is 5.66. The summed E-state index contributed by atoms with van der Waals surface area (Å²) in [6, 6.07) is 9.07. The van der Waals surface area contributed by atoms with Crippen molar-refractivity contribution in [3.63, 3.8) is 0 Å². The van der Waals surface area contributed by atoms with Gasteiger partial charge in [0, 0.05) is 10.7 Å². The Hall–Kier alpha value is -2.27. The van der Waals surface area contributed by atoms with Crippen molar-refractivity contribution in [2.45, 2.75) is 0 Å². The standard InChI is InChI=1S/C12H9ClN4O/c13-7-3-1-2-6(4-7)9-5-8-10(15-9)16-12(14)17-11(8)18/h1-5H,(H4,14,15,16,17,18). The van der Waals surface area contributed by atoms with Crippen molar-refractivity contribution in [2.75, 3.05) is 5.73 Å². The van der Waals surface area contributed by atoms with E-state index in [4.69, 9.17) is 17.3 Å². The second-order valence-electron chi connectivity index (χ2n) is 3.91. The Morgan fingerprint density at radius 2 is 2.06 bits per heavy atom. The molecule has 3 rings (SSSR count). The molecule has 6 heteroatoms. The van der Waals surface area contributed by atoms with E-state index in [1.807, 2.05) is 18.2 Å². The van der Waals surface area contributed by atoms with Crippen LogP contribution in [0.1, 0.15) is 0 Å². The average Bonchev–Trinajstić information content (AvgIpc) is 2.73. The molecule has 0 bridgehead atoms. The lowest BCUT2D eigenvalue weighted by atomic mass is 10.1. The highest BCUT2D eigenvalue weighted by atomic mass is 35.5. The minimum absolute atomic E-state index is 0.0898. The number of rotatable bonds is 1. The summed E-state index contributed by atoms with van der Waals surface area (Å²) in [6.45, 7) is 0. The summed E-state index contributed by atoms with van der Waals surface area (Å²) in [5.41, 5.74) is 7.35. The summed E-state index contributed by atoms with van der Waals surface area (Å²) >= 11 is 5.93. The van der Waals surface area contributed by atoms with Crippen molar-refractivity contribution in [1.29, 1.82) is 0 Å². The molecule has 3 aromatic rings. The molecule has 2 heterocycles. The normalized spacial score (nSPS) is 10.9. The van der Waals surface area contributed by atoms with E-state index >= 15 is 0 Å². The number of hydrogen-bond donors (Lipinski definition) is 3. The molecule has 0 atom stereocenters. The van der Waals surface area contributed by atoms with Crippen LogP contribution in [0.15, 0.2) is 35.1 Å². The first-order chi connectivity index (χ1) is 8.63. The highest BCUT2D eigenvalue weighted by Gasteiger charge is 2.08. The summed E-state index contributed by atoms with van der Waals surface area (Å²) in [6.07, 6.45) is 0. The molecule has 0 unspecified atom stereocenters. The number of aromatic nitrogens is 3. The van der Waals surface area contributed by atoms with Gasteiger partial charge in [0.1, 0.15) is 5.65 Å². The van der Waals surface area contributed by atoms with Gasteiger partial charge in [-0.2, -0.15) is 4.98 Å². The fraction of sp³-hybridized carbons (Fsp3) is 0. The number of benzene rings is 1. The third-order valence-electron chi connectivity index (χ3n) is 2.65. The van der Waals surface area contributed by atoms with E-state index in [-0.39, 0.29) is 11.5 Å². The van der Waals surface area contributed by atoms with Gasteiger partial charge in [0.05, 0.1) is 5.39 Å². The minimum atomic E-state index is -0.262. The van der Waals surface area contributed by atoms with Crippen LogP contribution in [0.2, 0.25) is 5.02 Å². The number of nitrogens with one attached hydrogen (secondary N) is 2. The molecule has 0 saturated carbocycles. The zero-order valence-electron chi connectivity index (χ0n) is 9.20. The zero-order chi connectivity index (χ0) is 12.7. The first-order valence-electron chi connectivity index (χ1n) is 5.28. The smallest absolute Gasteiger partial charge is 0.261 e. The van der Waals surface area contributed by atoms with E-state index in [1.54, 1.807) is 12.1 Å². The number of fused-ring (bicyclic) bond motifs is 1. The van der Waals surface area contributed by atoms with Gasteiger partial charge in [0.2, 0.25) is 5.95 Å². The molecule has 5 nitrogen and oxygen atoms in total. The van der Waals surface area contributed by atoms with E-state index in [9.17, 15) is 4.79 Å². The molecule has 0 aliphatic carbocycles. The van der Waals surface area contributed by atoms with Gasteiger partial charge >= 0.3 is 0 Å². The van der Waals surface area contributed by atoms with Crippen molar-refractivity contribution >= 4 is 28.6 Å². The van der Waals surface area contributed by atoms with Crippen LogP contribution in [0.3, 0.4) is 0 Å². The Bertz CT molecular complexity index is 790. The lowest BCUT2D eigenvalue weighted by Gasteiger charge is -1.97. The summed E-state index contributed by atoms with van der Waals surface area (Å²) < 4.78 is 0. The maximum absolute atomic E-state index is 11.7. The van der Waals surface area contributed by atoms with Crippen LogP contribution in [-0.2, 0) is 0 Å².